The number of nitrogens with zero attached hydrogens (tertiary/aromatic N) is 1. The minimum Gasteiger partial charge on any atom is -0.352 e. The van der Waals surface area contributed by atoms with Gasteiger partial charge in [0.1, 0.15) is 6.04 Å². The molecule has 0 radical (unpaired) electrons. The standard InChI is InChI=1S/C24H26BrN3O3/c1-15-11-19(9-10-20(15)25)28-14-17(13-22(28)29)23(30)27-21(24(31)26-18-7-8-18)12-16-5-3-2-4-6-16/h2-6,9-11,17-18,21H,7-8,12-14H2,1H3,(H,26,31)(H,27,30). The van der Waals surface area contributed by atoms with Crippen molar-refractivity contribution in [1.29, 1.82) is 0 Å². The molecule has 7 heteroatoms. The molecule has 1 aliphatic carbocycles. The van der Waals surface area contributed by atoms with E-state index in [4.69, 9.17) is 0 Å². The zero-order valence-corrected chi connectivity index (χ0v) is 19.0. The van der Waals surface area contributed by atoms with Crippen molar-refractivity contribution in [1.82, 2.24) is 10.6 Å². The van der Waals surface area contributed by atoms with Gasteiger partial charge >= 0.3 is 0 Å². The summed E-state index contributed by atoms with van der Waals surface area (Å²) in [5.74, 6) is -0.978. The lowest BCUT2D eigenvalue weighted by Gasteiger charge is -2.21. The summed E-state index contributed by atoms with van der Waals surface area (Å²) in [6.45, 7) is 2.28. The van der Waals surface area contributed by atoms with Crippen LogP contribution in [0.4, 0.5) is 5.69 Å². The van der Waals surface area contributed by atoms with E-state index in [1.807, 2.05) is 55.5 Å². The van der Waals surface area contributed by atoms with E-state index in [1.54, 1.807) is 4.90 Å². The molecule has 2 aliphatic rings. The van der Waals surface area contributed by atoms with Crippen molar-refractivity contribution in [3.05, 3.63) is 64.1 Å². The summed E-state index contributed by atoms with van der Waals surface area (Å²) < 4.78 is 0.975. The fourth-order valence-corrected chi connectivity index (χ4v) is 4.05. The highest BCUT2D eigenvalue weighted by Gasteiger charge is 2.37. The molecule has 0 bridgehead atoms. The number of hydrogen-bond acceptors (Lipinski definition) is 3. The van der Waals surface area contributed by atoms with Crippen LogP contribution in [0.5, 0.6) is 0 Å². The molecule has 2 N–H and O–H groups in total. The lowest BCUT2D eigenvalue weighted by Crippen LogP contribution is -2.50. The van der Waals surface area contributed by atoms with E-state index in [1.165, 1.54) is 0 Å². The molecule has 2 atom stereocenters. The third-order valence-corrected chi connectivity index (χ3v) is 6.68. The summed E-state index contributed by atoms with van der Waals surface area (Å²) in [5.41, 5.74) is 2.79. The van der Waals surface area contributed by atoms with Crippen molar-refractivity contribution < 1.29 is 14.4 Å². The van der Waals surface area contributed by atoms with Crippen molar-refractivity contribution >= 4 is 39.3 Å². The van der Waals surface area contributed by atoms with E-state index in [-0.39, 0.29) is 30.2 Å². The van der Waals surface area contributed by atoms with Crippen molar-refractivity contribution in [2.75, 3.05) is 11.4 Å². The zero-order chi connectivity index (χ0) is 22.0. The van der Waals surface area contributed by atoms with Gasteiger partial charge in [-0.15, -0.1) is 0 Å². The maximum atomic E-state index is 13.0. The van der Waals surface area contributed by atoms with Crippen molar-refractivity contribution in [2.45, 2.75) is 44.7 Å². The largest absolute Gasteiger partial charge is 0.352 e. The maximum absolute atomic E-state index is 13.0. The van der Waals surface area contributed by atoms with Crippen molar-refractivity contribution in [3.8, 4) is 0 Å². The Morgan fingerprint density at radius 1 is 1.16 bits per heavy atom. The Bertz CT molecular complexity index is 991. The minimum absolute atomic E-state index is 0.0797. The summed E-state index contributed by atoms with van der Waals surface area (Å²) in [4.78, 5) is 40.0. The molecule has 2 unspecified atom stereocenters. The molecule has 1 saturated carbocycles. The quantitative estimate of drug-likeness (QED) is 0.634. The molecule has 4 rings (SSSR count). The topological polar surface area (TPSA) is 78.5 Å². The fraction of sp³-hybridized carbons (Fsp3) is 0.375. The molecule has 162 valence electrons. The molecule has 2 aromatic carbocycles. The Morgan fingerprint density at radius 3 is 2.58 bits per heavy atom. The van der Waals surface area contributed by atoms with Crippen LogP contribution in [0.25, 0.3) is 0 Å². The summed E-state index contributed by atoms with van der Waals surface area (Å²) in [6.07, 6.45) is 2.53. The second-order valence-corrected chi connectivity index (χ2v) is 9.23. The second-order valence-electron chi connectivity index (χ2n) is 8.37. The molecule has 31 heavy (non-hydrogen) atoms. The van der Waals surface area contributed by atoms with Gasteiger partial charge < -0.3 is 15.5 Å². The average molecular weight is 484 g/mol. The molecule has 1 aliphatic heterocycles. The first kappa shape index (κ1) is 21.6. The van der Waals surface area contributed by atoms with E-state index < -0.39 is 12.0 Å². The molecule has 6 nitrogen and oxygen atoms in total. The van der Waals surface area contributed by atoms with E-state index in [0.717, 1.165) is 34.1 Å². The van der Waals surface area contributed by atoms with Gasteiger partial charge in [-0.25, -0.2) is 0 Å². The molecular weight excluding hydrogens is 458 g/mol. The first-order chi connectivity index (χ1) is 14.9. The Labute approximate surface area is 190 Å². The summed E-state index contributed by atoms with van der Waals surface area (Å²) in [6, 6.07) is 14.9. The van der Waals surface area contributed by atoms with E-state index in [9.17, 15) is 14.4 Å². The molecule has 0 aromatic heterocycles. The number of hydrogen-bond donors (Lipinski definition) is 2. The smallest absolute Gasteiger partial charge is 0.243 e. The minimum atomic E-state index is -0.658. The molecule has 3 amide bonds. The van der Waals surface area contributed by atoms with Crippen molar-refractivity contribution in [3.63, 3.8) is 0 Å². The average Bonchev–Trinajstić information content (AvgIpc) is 3.48. The normalized spacial score (nSPS) is 19.2. The number of nitrogens with one attached hydrogen (secondary N) is 2. The lowest BCUT2D eigenvalue weighted by atomic mass is 10.0. The predicted molar refractivity (Wildman–Crippen MR) is 123 cm³/mol. The first-order valence-corrected chi connectivity index (χ1v) is 11.4. The molecule has 0 spiro atoms. The van der Waals surface area contributed by atoms with E-state index in [2.05, 4.69) is 26.6 Å². The third-order valence-electron chi connectivity index (χ3n) is 5.79. The van der Waals surface area contributed by atoms with Crippen LogP contribution in [0, 0.1) is 12.8 Å². The SMILES string of the molecule is Cc1cc(N2CC(C(=O)NC(Cc3ccccc3)C(=O)NC3CC3)CC2=O)ccc1Br. The Kier molecular flexibility index (Phi) is 6.41. The van der Waals surface area contributed by atoms with E-state index >= 15 is 0 Å². The molecule has 2 fully saturated rings. The molecule has 1 saturated heterocycles. The van der Waals surface area contributed by atoms with Gasteiger partial charge in [0.2, 0.25) is 17.7 Å². The van der Waals surface area contributed by atoms with Crippen LogP contribution < -0.4 is 15.5 Å². The maximum Gasteiger partial charge on any atom is 0.243 e. The highest BCUT2D eigenvalue weighted by molar-refractivity contribution is 9.10. The Balaban J connectivity index is 1.44. The highest BCUT2D eigenvalue weighted by atomic mass is 79.9. The first-order valence-electron chi connectivity index (χ1n) is 10.6. The van der Waals surface area contributed by atoms with Crippen LogP contribution in [0.15, 0.2) is 53.0 Å². The van der Waals surface area contributed by atoms with Crippen molar-refractivity contribution in [2.24, 2.45) is 5.92 Å². The van der Waals surface area contributed by atoms with Gasteiger partial charge in [0, 0.05) is 35.6 Å². The molecule has 2 aromatic rings. The van der Waals surface area contributed by atoms with Crippen LogP contribution in [0.3, 0.4) is 0 Å². The summed E-state index contributed by atoms with van der Waals surface area (Å²) >= 11 is 3.47. The number of anilines is 1. The monoisotopic (exact) mass is 483 g/mol. The van der Waals surface area contributed by atoms with Crippen LogP contribution in [0.2, 0.25) is 0 Å². The number of benzene rings is 2. The van der Waals surface area contributed by atoms with Gasteiger partial charge in [-0.3, -0.25) is 14.4 Å². The van der Waals surface area contributed by atoms with E-state index in [0.29, 0.717) is 13.0 Å². The Hall–Kier alpha value is -2.67. The molecular formula is C24H26BrN3O3. The highest BCUT2D eigenvalue weighted by Crippen LogP contribution is 2.28. The van der Waals surface area contributed by atoms with Gasteiger partial charge in [0.25, 0.3) is 0 Å². The zero-order valence-electron chi connectivity index (χ0n) is 17.4. The summed E-state index contributed by atoms with van der Waals surface area (Å²) in [7, 11) is 0. The second kappa shape index (κ2) is 9.22. The predicted octanol–water partition coefficient (Wildman–Crippen LogP) is 3.12. The Morgan fingerprint density at radius 2 is 1.90 bits per heavy atom. The number of aryl methyl sites for hydroxylation is 1. The lowest BCUT2D eigenvalue weighted by molar-refractivity contribution is -0.131. The summed E-state index contributed by atoms with van der Waals surface area (Å²) in [5, 5.41) is 5.91. The van der Waals surface area contributed by atoms with Gasteiger partial charge in [0.05, 0.1) is 5.92 Å². The van der Waals surface area contributed by atoms with Gasteiger partial charge in [-0.05, 0) is 49.1 Å². The van der Waals surface area contributed by atoms with Crippen LogP contribution >= 0.6 is 15.9 Å². The molecule has 1 heterocycles. The number of carbonyl (C=O) groups is 3. The van der Waals surface area contributed by atoms with Crippen LogP contribution in [-0.4, -0.2) is 36.3 Å². The van der Waals surface area contributed by atoms with Gasteiger partial charge in [0.15, 0.2) is 0 Å². The third kappa shape index (κ3) is 5.34. The number of rotatable bonds is 7. The van der Waals surface area contributed by atoms with Crippen LogP contribution in [0.1, 0.15) is 30.4 Å². The number of halogens is 1. The van der Waals surface area contributed by atoms with Gasteiger partial charge in [-0.1, -0.05) is 46.3 Å². The van der Waals surface area contributed by atoms with Gasteiger partial charge in [-0.2, -0.15) is 0 Å². The fourth-order valence-electron chi connectivity index (χ4n) is 3.81. The van der Waals surface area contributed by atoms with Crippen LogP contribution in [-0.2, 0) is 20.8 Å². The number of amides is 3. The number of carbonyl (C=O) groups excluding carboxylic acids is 3.